The molecule has 2 rings (SSSR count). The zero-order chi connectivity index (χ0) is 13.2. The number of nitrogens with zero attached hydrogens (tertiary/aromatic N) is 2. The minimum atomic E-state index is -0.255. The van der Waals surface area contributed by atoms with E-state index in [0.717, 1.165) is 43.0 Å². The van der Waals surface area contributed by atoms with Gasteiger partial charge in [-0.1, -0.05) is 6.92 Å². The fourth-order valence-electron chi connectivity index (χ4n) is 2.44. The molecular formula is C13H20ClN3O. The van der Waals surface area contributed by atoms with Gasteiger partial charge in [-0.25, -0.2) is 9.97 Å². The van der Waals surface area contributed by atoms with E-state index in [1.54, 1.807) is 6.20 Å². The first kappa shape index (κ1) is 13.6. The highest BCUT2D eigenvalue weighted by Gasteiger charge is 2.34. The van der Waals surface area contributed by atoms with Gasteiger partial charge >= 0.3 is 0 Å². The van der Waals surface area contributed by atoms with Crippen molar-refractivity contribution in [1.29, 1.82) is 0 Å². The molecule has 0 spiro atoms. The molecule has 2 N–H and O–H groups in total. The Kier molecular flexibility index (Phi) is 4.07. The quantitative estimate of drug-likeness (QED) is 0.829. The van der Waals surface area contributed by atoms with Crippen molar-refractivity contribution in [2.45, 2.75) is 45.1 Å². The highest BCUT2D eigenvalue weighted by Crippen LogP contribution is 2.34. The fraction of sp³-hybridized carbons (Fsp3) is 0.692. The van der Waals surface area contributed by atoms with Gasteiger partial charge in [0.05, 0.1) is 12.1 Å². The van der Waals surface area contributed by atoms with E-state index in [-0.39, 0.29) is 17.4 Å². The molecule has 1 fully saturated rings. The van der Waals surface area contributed by atoms with E-state index in [2.05, 4.69) is 22.2 Å². The number of anilines is 1. The van der Waals surface area contributed by atoms with E-state index < -0.39 is 0 Å². The van der Waals surface area contributed by atoms with Crippen LogP contribution in [-0.2, 0) is 0 Å². The standard InChI is InChI=1S/C13H20ClN3O/c1-9-3-5-13(8-18,6-4-9)17-11-10(2)7-15-12(14)16-11/h7,9,18H,3-6,8H2,1-2H3,(H,15,16,17). The van der Waals surface area contributed by atoms with E-state index >= 15 is 0 Å². The van der Waals surface area contributed by atoms with Crippen molar-refractivity contribution in [2.75, 3.05) is 11.9 Å². The van der Waals surface area contributed by atoms with E-state index in [0.29, 0.717) is 0 Å². The Morgan fingerprint density at radius 1 is 1.50 bits per heavy atom. The number of halogens is 1. The molecule has 18 heavy (non-hydrogen) atoms. The van der Waals surface area contributed by atoms with Crippen LogP contribution in [0.4, 0.5) is 5.82 Å². The maximum absolute atomic E-state index is 9.71. The van der Waals surface area contributed by atoms with Crippen LogP contribution in [0, 0.1) is 12.8 Å². The Hall–Kier alpha value is -0.870. The normalized spacial score (nSPS) is 28.1. The molecule has 1 aliphatic carbocycles. The first-order valence-corrected chi connectivity index (χ1v) is 6.81. The molecule has 0 aliphatic heterocycles. The summed E-state index contributed by atoms with van der Waals surface area (Å²) in [4.78, 5) is 8.16. The summed E-state index contributed by atoms with van der Waals surface area (Å²) >= 11 is 5.82. The summed E-state index contributed by atoms with van der Waals surface area (Å²) in [5.41, 5.74) is 0.695. The van der Waals surface area contributed by atoms with Gasteiger partial charge in [0.1, 0.15) is 5.82 Å². The minimum Gasteiger partial charge on any atom is -0.394 e. The molecule has 100 valence electrons. The van der Waals surface area contributed by atoms with Crippen LogP contribution in [0.2, 0.25) is 5.28 Å². The van der Waals surface area contributed by atoms with Gasteiger partial charge in [-0.05, 0) is 50.1 Å². The van der Waals surface area contributed by atoms with Crippen molar-refractivity contribution in [3.8, 4) is 0 Å². The van der Waals surface area contributed by atoms with Crippen molar-refractivity contribution in [3.05, 3.63) is 17.0 Å². The van der Waals surface area contributed by atoms with Crippen molar-refractivity contribution in [1.82, 2.24) is 9.97 Å². The number of aryl methyl sites for hydroxylation is 1. The SMILES string of the molecule is Cc1cnc(Cl)nc1NC1(CO)CCC(C)CC1. The molecule has 0 saturated heterocycles. The summed E-state index contributed by atoms with van der Waals surface area (Å²) in [6.45, 7) is 4.32. The summed E-state index contributed by atoms with van der Waals surface area (Å²) < 4.78 is 0. The van der Waals surface area contributed by atoms with E-state index in [1.165, 1.54) is 0 Å². The van der Waals surface area contributed by atoms with Crippen molar-refractivity contribution < 1.29 is 5.11 Å². The highest BCUT2D eigenvalue weighted by molar-refractivity contribution is 6.28. The van der Waals surface area contributed by atoms with Crippen molar-refractivity contribution in [2.24, 2.45) is 5.92 Å². The molecule has 1 saturated carbocycles. The summed E-state index contributed by atoms with van der Waals surface area (Å²) in [5.74, 6) is 1.47. The summed E-state index contributed by atoms with van der Waals surface area (Å²) in [7, 11) is 0. The number of aromatic nitrogens is 2. The van der Waals surface area contributed by atoms with Crippen LogP contribution in [0.5, 0.6) is 0 Å². The van der Waals surface area contributed by atoms with Crippen LogP contribution < -0.4 is 5.32 Å². The van der Waals surface area contributed by atoms with Crippen LogP contribution in [0.1, 0.15) is 38.2 Å². The van der Waals surface area contributed by atoms with Gasteiger partial charge < -0.3 is 10.4 Å². The molecule has 0 atom stereocenters. The van der Waals surface area contributed by atoms with Gasteiger partial charge in [-0.3, -0.25) is 0 Å². The summed E-state index contributed by atoms with van der Waals surface area (Å²) in [6.07, 6.45) is 5.89. The monoisotopic (exact) mass is 269 g/mol. The maximum Gasteiger partial charge on any atom is 0.224 e. The predicted molar refractivity (Wildman–Crippen MR) is 72.9 cm³/mol. The smallest absolute Gasteiger partial charge is 0.224 e. The van der Waals surface area contributed by atoms with E-state index in [1.807, 2.05) is 6.92 Å². The van der Waals surface area contributed by atoms with Crippen LogP contribution in [0.15, 0.2) is 6.20 Å². The summed E-state index contributed by atoms with van der Waals surface area (Å²) in [6, 6.07) is 0. The Morgan fingerprint density at radius 3 is 2.78 bits per heavy atom. The van der Waals surface area contributed by atoms with Gasteiger partial charge in [0.2, 0.25) is 5.28 Å². The first-order chi connectivity index (χ1) is 8.54. The van der Waals surface area contributed by atoms with E-state index in [9.17, 15) is 5.11 Å². The number of aliphatic hydroxyl groups is 1. The molecular weight excluding hydrogens is 250 g/mol. The zero-order valence-corrected chi connectivity index (χ0v) is 11.7. The molecule has 5 heteroatoms. The van der Waals surface area contributed by atoms with Crippen molar-refractivity contribution in [3.63, 3.8) is 0 Å². The van der Waals surface area contributed by atoms with Crippen LogP contribution in [-0.4, -0.2) is 27.2 Å². The summed E-state index contributed by atoms with van der Waals surface area (Å²) in [5, 5.41) is 13.3. The number of hydrogen-bond donors (Lipinski definition) is 2. The molecule has 0 amide bonds. The lowest BCUT2D eigenvalue weighted by Gasteiger charge is -2.39. The largest absolute Gasteiger partial charge is 0.394 e. The average molecular weight is 270 g/mol. The van der Waals surface area contributed by atoms with Gasteiger partial charge in [0.25, 0.3) is 0 Å². The zero-order valence-electron chi connectivity index (χ0n) is 10.9. The third-order valence-corrected chi connectivity index (χ3v) is 4.04. The second-order valence-electron chi connectivity index (χ2n) is 5.42. The maximum atomic E-state index is 9.71. The second kappa shape index (κ2) is 5.41. The van der Waals surface area contributed by atoms with E-state index in [4.69, 9.17) is 11.6 Å². The van der Waals surface area contributed by atoms with Gasteiger partial charge in [0, 0.05) is 11.8 Å². The Morgan fingerprint density at radius 2 is 2.17 bits per heavy atom. The Labute approximate surface area is 113 Å². The van der Waals surface area contributed by atoms with Gasteiger partial charge in [0.15, 0.2) is 0 Å². The molecule has 1 aliphatic rings. The number of hydrogen-bond acceptors (Lipinski definition) is 4. The lowest BCUT2D eigenvalue weighted by Crippen LogP contribution is -2.45. The second-order valence-corrected chi connectivity index (χ2v) is 5.75. The number of rotatable bonds is 3. The molecule has 0 aromatic carbocycles. The van der Waals surface area contributed by atoms with Gasteiger partial charge in [-0.2, -0.15) is 0 Å². The fourth-order valence-corrected chi connectivity index (χ4v) is 2.57. The molecule has 4 nitrogen and oxygen atoms in total. The average Bonchev–Trinajstić information content (AvgIpc) is 2.37. The molecule has 0 radical (unpaired) electrons. The molecule has 1 heterocycles. The molecule has 1 aromatic heterocycles. The first-order valence-electron chi connectivity index (χ1n) is 6.43. The highest BCUT2D eigenvalue weighted by atomic mass is 35.5. The van der Waals surface area contributed by atoms with Gasteiger partial charge in [-0.15, -0.1) is 0 Å². The molecule has 0 bridgehead atoms. The topological polar surface area (TPSA) is 58.0 Å². The molecule has 1 aromatic rings. The lowest BCUT2D eigenvalue weighted by molar-refractivity contribution is 0.155. The van der Waals surface area contributed by atoms with Crippen LogP contribution >= 0.6 is 11.6 Å². The van der Waals surface area contributed by atoms with Crippen LogP contribution in [0.25, 0.3) is 0 Å². The minimum absolute atomic E-state index is 0.126. The number of aliphatic hydroxyl groups excluding tert-OH is 1. The number of nitrogens with one attached hydrogen (secondary N) is 1. The molecule has 0 unspecified atom stereocenters. The lowest BCUT2D eigenvalue weighted by atomic mass is 9.77. The Balaban J connectivity index is 2.17. The predicted octanol–water partition coefficient (Wildman–Crippen LogP) is 2.79. The van der Waals surface area contributed by atoms with Crippen LogP contribution in [0.3, 0.4) is 0 Å². The third-order valence-electron chi connectivity index (χ3n) is 3.86. The third kappa shape index (κ3) is 2.93. The Bertz CT molecular complexity index is 417. The van der Waals surface area contributed by atoms with Crippen molar-refractivity contribution >= 4 is 17.4 Å².